The molecule has 6 heteroatoms. The number of rotatable bonds is 4. The molecule has 3 rings (SSSR count). The van der Waals surface area contributed by atoms with E-state index in [9.17, 15) is 9.59 Å². The number of hydrogen-bond donors (Lipinski definition) is 1. The Hall–Kier alpha value is -2.56. The van der Waals surface area contributed by atoms with Crippen LogP contribution < -0.4 is 10.9 Å². The maximum absolute atomic E-state index is 12.6. The quantitative estimate of drug-likeness (QED) is 0.664. The van der Waals surface area contributed by atoms with Crippen molar-refractivity contribution in [2.24, 2.45) is 0 Å². The van der Waals surface area contributed by atoms with Gasteiger partial charge in [0, 0.05) is 17.3 Å². The zero-order valence-corrected chi connectivity index (χ0v) is 16.4. The highest BCUT2D eigenvalue weighted by atomic mass is 35.5. The standard InChI is InChI=1S/C21H18Cl2N2O2/c1-13-3-4-14(2)16(9-13)12-25-11-15(5-8-20(25)26)21(27)24-19-10-17(22)6-7-18(19)23/h3-11H,12H2,1-2H3,(H,24,27). The van der Waals surface area contributed by atoms with Gasteiger partial charge in [-0.3, -0.25) is 9.59 Å². The summed E-state index contributed by atoms with van der Waals surface area (Å²) in [4.78, 5) is 24.8. The number of carbonyl (C=O) groups excluding carboxylic acids is 1. The van der Waals surface area contributed by atoms with E-state index >= 15 is 0 Å². The van der Waals surface area contributed by atoms with Gasteiger partial charge in [-0.2, -0.15) is 0 Å². The van der Waals surface area contributed by atoms with Crippen molar-refractivity contribution in [1.29, 1.82) is 0 Å². The number of nitrogens with zero attached hydrogens (tertiary/aromatic N) is 1. The van der Waals surface area contributed by atoms with Crippen molar-refractivity contribution in [2.45, 2.75) is 20.4 Å². The number of anilines is 1. The van der Waals surface area contributed by atoms with Crippen molar-refractivity contribution in [1.82, 2.24) is 4.57 Å². The smallest absolute Gasteiger partial charge is 0.257 e. The van der Waals surface area contributed by atoms with Crippen molar-refractivity contribution in [3.63, 3.8) is 0 Å². The van der Waals surface area contributed by atoms with Crippen molar-refractivity contribution >= 4 is 34.8 Å². The molecule has 4 nitrogen and oxygen atoms in total. The second-order valence-corrected chi connectivity index (χ2v) is 7.24. The van der Waals surface area contributed by atoms with Gasteiger partial charge < -0.3 is 9.88 Å². The molecule has 0 bridgehead atoms. The van der Waals surface area contributed by atoms with E-state index < -0.39 is 0 Å². The Balaban J connectivity index is 1.88. The van der Waals surface area contributed by atoms with Crippen LogP contribution in [0.5, 0.6) is 0 Å². The van der Waals surface area contributed by atoms with E-state index in [2.05, 4.69) is 5.32 Å². The van der Waals surface area contributed by atoms with E-state index in [1.54, 1.807) is 24.4 Å². The summed E-state index contributed by atoms with van der Waals surface area (Å²) in [5, 5.41) is 3.58. The van der Waals surface area contributed by atoms with Gasteiger partial charge in [0.2, 0.25) is 0 Å². The molecule has 3 aromatic rings. The fraction of sp³-hybridized carbons (Fsp3) is 0.143. The Kier molecular flexibility index (Phi) is 5.68. The van der Waals surface area contributed by atoms with Crippen molar-refractivity contribution < 1.29 is 4.79 Å². The first kappa shape index (κ1) is 19.2. The van der Waals surface area contributed by atoms with Gasteiger partial charge in [0.05, 0.1) is 22.8 Å². The number of carbonyl (C=O) groups is 1. The Morgan fingerprint density at radius 1 is 1.04 bits per heavy atom. The third kappa shape index (κ3) is 4.59. The molecule has 1 heterocycles. The van der Waals surface area contributed by atoms with Gasteiger partial charge in [-0.05, 0) is 49.2 Å². The first-order valence-electron chi connectivity index (χ1n) is 8.36. The van der Waals surface area contributed by atoms with Crippen LogP contribution in [0.25, 0.3) is 0 Å². The van der Waals surface area contributed by atoms with Crippen molar-refractivity contribution in [3.05, 3.63) is 97.4 Å². The summed E-state index contributed by atoms with van der Waals surface area (Å²) in [6.45, 7) is 4.40. The van der Waals surface area contributed by atoms with E-state index in [0.29, 0.717) is 27.8 Å². The summed E-state index contributed by atoms with van der Waals surface area (Å²) in [7, 11) is 0. The molecule has 0 saturated heterocycles. The molecular weight excluding hydrogens is 383 g/mol. The molecule has 27 heavy (non-hydrogen) atoms. The van der Waals surface area contributed by atoms with Gasteiger partial charge in [-0.1, -0.05) is 47.0 Å². The van der Waals surface area contributed by atoms with E-state index in [4.69, 9.17) is 23.2 Å². The average Bonchev–Trinajstić information content (AvgIpc) is 2.63. The normalized spacial score (nSPS) is 10.7. The fourth-order valence-corrected chi connectivity index (χ4v) is 3.07. The van der Waals surface area contributed by atoms with Crippen LogP contribution in [0.3, 0.4) is 0 Å². The molecule has 0 saturated carbocycles. The minimum absolute atomic E-state index is 0.173. The minimum atomic E-state index is -0.367. The van der Waals surface area contributed by atoms with Gasteiger partial charge in [0.15, 0.2) is 0 Å². The summed E-state index contributed by atoms with van der Waals surface area (Å²) in [6.07, 6.45) is 1.55. The molecule has 2 aromatic carbocycles. The van der Waals surface area contributed by atoms with Crippen LogP contribution in [-0.2, 0) is 6.54 Å². The van der Waals surface area contributed by atoms with E-state index in [1.807, 2.05) is 32.0 Å². The summed E-state index contributed by atoms with van der Waals surface area (Å²) in [6, 6.07) is 13.8. The molecule has 0 spiro atoms. The number of aryl methyl sites for hydroxylation is 2. The lowest BCUT2D eigenvalue weighted by molar-refractivity contribution is 0.102. The van der Waals surface area contributed by atoms with Crippen LogP contribution >= 0.6 is 23.2 Å². The van der Waals surface area contributed by atoms with E-state index in [-0.39, 0.29) is 11.5 Å². The fourth-order valence-electron chi connectivity index (χ4n) is 2.73. The summed E-state index contributed by atoms with van der Waals surface area (Å²) in [5.74, 6) is -0.367. The third-order valence-electron chi connectivity index (χ3n) is 4.27. The Bertz CT molecular complexity index is 1070. The summed E-state index contributed by atoms with van der Waals surface area (Å²) >= 11 is 12.0. The number of nitrogens with one attached hydrogen (secondary N) is 1. The van der Waals surface area contributed by atoms with Crippen LogP contribution in [0.15, 0.2) is 59.5 Å². The average molecular weight is 401 g/mol. The molecule has 0 aliphatic rings. The zero-order chi connectivity index (χ0) is 19.6. The lowest BCUT2D eigenvalue weighted by atomic mass is 10.1. The molecule has 0 aliphatic heterocycles. The van der Waals surface area contributed by atoms with Gasteiger partial charge in [-0.15, -0.1) is 0 Å². The molecule has 138 valence electrons. The Labute approximate surface area is 167 Å². The lowest BCUT2D eigenvalue weighted by Crippen LogP contribution is -2.23. The maximum atomic E-state index is 12.6. The largest absolute Gasteiger partial charge is 0.321 e. The third-order valence-corrected chi connectivity index (χ3v) is 4.83. The molecule has 0 atom stereocenters. The van der Waals surface area contributed by atoms with Crippen LogP contribution in [0, 0.1) is 13.8 Å². The van der Waals surface area contributed by atoms with Crippen LogP contribution in [-0.4, -0.2) is 10.5 Å². The van der Waals surface area contributed by atoms with Crippen molar-refractivity contribution in [3.8, 4) is 0 Å². The van der Waals surface area contributed by atoms with Gasteiger partial charge in [0.1, 0.15) is 0 Å². The highest BCUT2D eigenvalue weighted by Crippen LogP contribution is 2.25. The monoisotopic (exact) mass is 400 g/mol. The molecule has 0 fully saturated rings. The van der Waals surface area contributed by atoms with Crippen LogP contribution in [0.2, 0.25) is 10.0 Å². The molecule has 1 amide bonds. The van der Waals surface area contributed by atoms with Crippen LogP contribution in [0.1, 0.15) is 27.0 Å². The number of amides is 1. The SMILES string of the molecule is Cc1ccc(C)c(Cn2cc(C(=O)Nc3cc(Cl)ccc3Cl)ccc2=O)c1. The highest BCUT2D eigenvalue weighted by Gasteiger charge is 2.11. The Morgan fingerprint density at radius 2 is 1.81 bits per heavy atom. The van der Waals surface area contributed by atoms with Gasteiger partial charge >= 0.3 is 0 Å². The highest BCUT2D eigenvalue weighted by molar-refractivity contribution is 6.35. The molecule has 1 aromatic heterocycles. The molecule has 0 radical (unpaired) electrons. The van der Waals surface area contributed by atoms with E-state index in [0.717, 1.165) is 16.7 Å². The minimum Gasteiger partial charge on any atom is -0.321 e. The van der Waals surface area contributed by atoms with Crippen LogP contribution in [0.4, 0.5) is 5.69 Å². The predicted octanol–water partition coefficient (Wildman–Crippen LogP) is 5.07. The molecular formula is C21H18Cl2N2O2. The topological polar surface area (TPSA) is 51.1 Å². The number of hydrogen-bond acceptors (Lipinski definition) is 2. The zero-order valence-electron chi connectivity index (χ0n) is 14.9. The number of aromatic nitrogens is 1. The predicted molar refractivity (Wildman–Crippen MR) is 110 cm³/mol. The summed E-state index contributed by atoms with van der Waals surface area (Å²) < 4.78 is 1.52. The first-order chi connectivity index (χ1) is 12.8. The number of pyridine rings is 1. The Morgan fingerprint density at radius 3 is 2.59 bits per heavy atom. The first-order valence-corrected chi connectivity index (χ1v) is 9.12. The molecule has 0 unspecified atom stereocenters. The number of benzene rings is 2. The van der Waals surface area contributed by atoms with Crippen molar-refractivity contribution in [2.75, 3.05) is 5.32 Å². The second-order valence-electron chi connectivity index (χ2n) is 6.39. The summed E-state index contributed by atoms with van der Waals surface area (Å²) in [5.41, 5.74) is 3.85. The van der Waals surface area contributed by atoms with E-state index in [1.165, 1.54) is 16.7 Å². The second kappa shape index (κ2) is 7.99. The lowest BCUT2D eigenvalue weighted by Gasteiger charge is -2.12. The van der Waals surface area contributed by atoms with Gasteiger partial charge in [-0.25, -0.2) is 0 Å². The number of halogens is 2. The molecule has 1 N–H and O–H groups in total. The molecule has 0 aliphatic carbocycles. The van der Waals surface area contributed by atoms with Gasteiger partial charge in [0.25, 0.3) is 11.5 Å². The maximum Gasteiger partial charge on any atom is 0.257 e.